The first kappa shape index (κ1) is 13.4. The Morgan fingerprint density at radius 2 is 1.65 bits per heavy atom. The number of nitrogen functional groups attached to an aromatic ring is 1. The van der Waals surface area contributed by atoms with Crippen LogP contribution in [0.4, 0.5) is 17.1 Å². The number of para-hydroxylation sites is 1. The topological polar surface area (TPSA) is 38.0 Å². The Labute approximate surface area is 107 Å². The number of anilines is 3. The number of nitrogens with two attached hydrogens (primary N) is 1. The van der Waals surface area contributed by atoms with Gasteiger partial charge in [-0.25, -0.2) is 0 Å². The lowest BCUT2D eigenvalue weighted by molar-refractivity contribution is 1.50. The molecule has 0 atom stereocenters. The van der Waals surface area contributed by atoms with Gasteiger partial charge in [-0.05, 0) is 30.3 Å². The van der Waals surface area contributed by atoms with Gasteiger partial charge in [-0.15, -0.1) is 0 Å². The van der Waals surface area contributed by atoms with Gasteiger partial charge in [0.1, 0.15) is 0 Å². The minimum atomic E-state index is 0.669. The fourth-order valence-electron chi connectivity index (χ4n) is 1.31. The Morgan fingerprint density at radius 3 is 2.29 bits per heavy atom. The number of benzene rings is 2. The molecular weight excluding hydrogens is 232 g/mol. The highest BCUT2D eigenvalue weighted by atomic mass is 35.5. The normalized spacial score (nSPS) is 9.12. The summed E-state index contributed by atoms with van der Waals surface area (Å²) in [7, 11) is 0. The van der Waals surface area contributed by atoms with Crippen LogP contribution < -0.4 is 11.1 Å². The van der Waals surface area contributed by atoms with Crippen molar-refractivity contribution in [1.29, 1.82) is 0 Å². The van der Waals surface area contributed by atoms with Crippen molar-refractivity contribution in [2.24, 2.45) is 0 Å². The number of nitrogens with one attached hydrogen (secondary N) is 1. The lowest BCUT2D eigenvalue weighted by Gasteiger charge is -2.09. The fraction of sp³-hybridized carbons (Fsp3) is 0.143. The summed E-state index contributed by atoms with van der Waals surface area (Å²) in [5.74, 6) is 0. The third kappa shape index (κ3) is 4.00. The van der Waals surface area contributed by atoms with Crippen molar-refractivity contribution in [2.75, 3.05) is 11.1 Å². The van der Waals surface area contributed by atoms with Crippen molar-refractivity contribution in [1.82, 2.24) is 0 Å². The van der Waals surface area contributed by atoms with E-state index in [-0.39, 0.29) is 0 Å². The molecule has 0 bridgehead atoms. The third-order valence-corrected chi connectivity index (χ3v) is 2.30. The monoisotopic (exact) mass is 248 g/mol. The van der Waals surface area contributed by atoms with E-state index >= 15 is 0 Å². The molecule has 0 aliphatic heterocycles. The fourth-order valence-corrected chi connectivity index (χ4v) is 1.49. The molecule has 0 heterocycles. The van der Waals surface area contributed by atoms with Crippen molar-refractivity contribution in [3.8, 4) is 0 Å². The largest absolute Gasteiger partial charge is 0.397 e. The van der Waals surface area contributed by atoms with Crippen molar-refractivity contribution in [3.63, 3.8) is 0 Å². The van der Waals surface area contributed by atoms with Gasteiger partial charge in [0.05, 0.1) is 11.4 Å². The molecule has 0 radical (unpaired) electrons. The molecule has 0 spiro atoms. The van der Waals surface area contributed by atoms with Crippen LogP contribution in [0.5, 0.6) is 0 Å². The summed E-state index contributed by atoms with van der Waals surface area (Å²) in [6.45, 7) is 4.00. The molecule has 2 rings (SSSR count). The molecule has 0 amide bonds. The van der Waals surface area contributed by atoms with Crippen LogP contribution in [-0.2, 0) is 0 Å². The maximum Gasteiger partial charge on any atom is 0.0632 e. The summed E-state index contributed by atoms with van der Waals surface area (Å²) in [6.07, 6.45) is 0. The molecule has 0 unspecified atom stereocenters. The number of hydrogen-bond acceptors (Lipinski definition) is 2. The quantitative estimate of drug-likeness (QED) is 0.757. The second-order valence-corrected chi connectivity index (χ2v) is 3.66. The second kappa shape index (κ2) is 6.81. The van der Waals surface area contributed by atoms with E-state index in [4.69, 9.17) is 17.3 Å². The van der Waals surface area contributed by atoms with Crippen LogP contribution in [0.25, 0.3) is 0 Å². The molecule has 3 N–H and O–H groups in total. The number of rotatable bonds is 2. The summed E-state index contributed by atoms with van der Waals surface area (Å²) in [5, 5.41) is 3.87. The standard InChI is InChI=1S/C12H11ClN2.C2H6/c13-9-6-7-11(14)12(8-9)15-10-4-2-1-3-5-10;1-2/h1-8,15H,14H2;1-2H3. The van der Waals surface area contributed by atoms with Gasteiger partial charge in [0.2, 0.25) is 0 Å². The highest BCUT2D eigenvalue weighted by molar-refractivity contribution is 6.31. The predicted octanol–water partition coefficient (Wildman–Crippen LogP) is 4.69. The zero-order chi connectivity index (χ0) is 12.7. The van der Waals surface area contributed by atoms with E-state index in [9.17, 15) is 0 Å². The highest BCUT2D eigenvalue weighted by Crippen LogP contribution is 2.26. The van der Waals surface area contributed by atoms with Crippen LogP contribution >= 0.6 is 11.6 Å². The molecule has 2 nitrogen and oxygen atoms in total. The Morgan fingerprint density at radius 1 is 1.00 bits per heavy atom. The lowest BCUT2D eigenvalue weighted by Crippen LogP contribution is -1.95. The van der Waals surface area contributed by atoms with Gasteiger partial charge in [0.15, 0.2) is 0 Å². The van der Waals surface area contributed by atoms with E-state index in [0.29, 0.717) is 10.7 Å². The number of halogens is 1. The van der Waals surface area contributed by atoms with Crippen molar-refractivity contribution < 1.29 is 0 Å². The minimum Gasteiger partial charge on any atom is -0.397 e. The third-order valence-electron chi connectivity index (χ3n) is 2.07. The molecule has 3 heteroatoms. The Hall–Kier alpha value is -1.67. The molecule has 90 valence electrons. The van der Waals surface area contributed by atoms with E-state index in [1.165, 1.54) is 0 Å². The molecule has 2 aromatic rings. The molecule has 2 aromatic carbocycles. The first-order chi connectivity index (χ1) is 8.25. The van der Waals surface area contributed by atoms with E-state index < -0.39 is 0 Å². The summed E-state index contributed by atoms with van der Waals surface area (Å²) >= 11 is 5.89. The maximum absolute atomic E-state index is 5.89. The predicted molar refractivity (Wildman–Crippen MR) is 76.9 cm³/mol. The summed E-state index contributed by atoms with van der Waals surface area (Å²) in [6, 6.07) is 15.2. The van der Waals surface area contributed by atoms with E-state index in [1.807, 2.05) is 50.2 Å². The van der Waals surface area contributed by atoms with Crippen molar-refractivity contribution >= 4 is 28.7 Å². The van der Waals surface area contributed by atoms with E-state index in [1.54, 1.807) is 12.1 Å². The smallest absolute Gasteiger partial charge is 0.0632 e. The molecule has 0 fully saturated rings. The second-order valence-electron chi connectivity index (χ2n) is 3.22. The molecule has 0 aromatic heterocycles. The first-order valence-corrected chi connectivity index (χ1v) is 6.00. The zero-order valence-corrected chi connectivity index (χ0v) is 10.8. The van der Waals surface area contributed by atoms with Crippen molar-refractivity contribution in [3.05, 3.63) is 53.6 Å². The Balaban J connectivity index is 0.000000686. The Kier molecular flexibility index (Phi) is 5.37. The maximum atomic E-state index is 5.89. The molecule has 0 aliphatic carbocycles. The molecule has 0 aliphatic rings. The van der Waals surface area contributed by atoms with Gasteiger partial charge in [-0.2, -0.15) is 0 Å². The summed E-state index contributed by atoms with van der Waals surface area (Å²) in [4.78, 5) is 0. The van der Waals surface area contributed by atoms with Crippen LogP contribution in [0, 0.1) is 0 Å². The van der Waals surface area contributed by atoms with Gasteiger partial charge >= 0.3 is 0 Å². The van der Waals surface area contributed by atoms with Crippen molar-refractivity contribution in [2.45, 2.75) is 13.8 Å². The molecule has 0 saturated carbocycles. The SMILES string of the molecule is CC.Nc1ccc(Cl)cc1Nc1ccccc1. The zero-order valence-electron chi connectivity index (χ0n) is 10.1. The van der Waals surface area contributed by atoms with Gasteiger partial charge in [0, 0.05) is 10.7 Å². The van der Waals surface area contributed by atoms with Gasteiger partial charge in [0.25, 0.3) is 0 Å². The molecular formula is C14H17ClN2. The molecule has 0 saturated heterocycles. The van der Waals surface area contributed by atoms with Crippen LogP contribution in [0.1, 0.15) is 13.8 Å². The minimum absolute atomic E-state index is 0.669. The number of hydrogen-bond donors (Lipinski definition) is 2. The lowest BCUT2D eigenvalue weighted by atomic mass is 10.2. The highest BCUT2D eigenvalue weighted by Gasteiger charge is 1.99. The average Bonchev–Trinajstić information content (AvgIpc) is 2.38. The van der Waals surface area contributed by atoms with Gasteiger partial charge in [-0.1, -0.05) is 43.6 Å². The van der Waals surface area contributed by atoms with Gasteiger partial charge in [-0.3, -0.25) is 0 Å². The van der Waals surface area contributed by atoms with Crippen LogP contribution in [-0.4, -0.2) is 0 Å². The average molecular weight is 249 g/mol. The van der Waals surface area contributed by atoms with E-state index in [2.05, 4.69) is 5.32 Å². The van der Waals surface area contributed by atoms with Gasteiger partial charge < -0.3 is 11.1 Å². The van der Waals surface area contributed by atoms with Crippen LogP contribution in [0.2, 0.25) is 5.02 Å². The first-order valence-electron chi connectivity index (χ1n) is 5.63. The molecule has 17 heavy (non-hydrogen) atoms. The van der Waals surface area contributed by atoms with Crippen LogP contribution in [0.3, 0.4) is 0 Å². The summed E-state index contributed by atoms with van der Waals surface area (Å²) in [5.41, 5.74) is 8.32. The summed E-state index contributed by atoms with van der Waals surface area (Å²) < 4.78 is 0. The van der Waals surface area contributed by atoms with Crippen LogP contribution in [0.15, 0.2) is 48.5 Å². The van der Waals surface area contributed by atoms with E-state index in [0.717, 1.165) is 11.4 Å². The Bertz CT molecular complexity index is 455.